The van der Waals surface area contributed by atoms with Gasteiger partial charge in [-0.1, -0.05) is 19.1 Å². The summed E-state index contributed by atoms with van der Waals surface area (Å²) in [4.78, 5) is 23.8. The minimum absolute atomic E-state index is 0.119. The lowest BCUT2D eigenvalue weighted by molar-refractivity contribution is 0.0997. The summed E-state index contributed by atoms with van der Waals surface area (Å²) in [5, 5.41) is 1.71. The van der Waals surface area contributed by atoms with Crippen molar-refractivity contribution in [3.8, 4) is 5.88 Å². The van der Waals surface area contributed by atoms with Crippen LogP contribution in [0.2, 0.25) is 0 Å². The second-order valence-corrected chi connectivity index (χ2v) is 11.7. The van der Waals surface area contributed by atoms with Crippen molar-refractivity contribution in [3.05, 3.63) is 58.4 Å². The maximum Gasteiger partial charge on any atom is 0.253 e. The molecule has 1 amide bonds. The second kappa shape index (κ2) is 8.75. The van der Waals surface area contributed by atoms with E-state index < -0.39 is 15.7 Å². The van der Waals surface area contributed by atoms with E-state index in [0.717, 1.165) is 11.3 Å². The first-order chi connectivity index (χ1) is 15.6. The third-order valence-electron chi connectivity index (χ3n) is 5.67. The fourth-order valence-electron chi connectivity index (χ4n) is 4.33. The van der Waals surface area contributed by atoms with Crippen molar-refractivity contribution >= 4 is 32.9 Å². The molecule has 0 aromatic carbocycles. The highest BCUT2D eigenvalue weighted by molar-refractivity contribution is 7.91. The van der Waals surface area contributed by atoms with Crippen LogP contribution in [0.4, 0.5) is 5.82 Å². The highest BCUT2D eigenvalue weighted by atomic mass is 32.2. The van der Waals surface area contributed by atoms with Crippen molar-refractivity contribution in [2.24, 2.45) is 11.7 Å². The largest absolute Gasteiger partial charge is 0.472 e. The van der Waals surface area contributed by atoms with E-state index >= 15 is 0 Å². The number of nitrogens with zero attached hydrogens (tertiary/aromatic N) is 3. The fraction of sp³-hybridized carbons (Fsp3) is 0.348. The molecular weight excluding hydrogens is 460 g/mol. The van der Waals surface area contributed by atoms with Crippen LogP contribution in [0, 0.1) is 5.92 Å². The quantitative estimate of drug-likeness (QED) is 0.542. The number of carbonyl (C=O) groups excluding carboxylic acids is 1. The Hall–Kier alpha value is -2.98. The van der Waals surface area contributed by atoms with Crippen molar-refractivity contribution < 1.29 is 17.9 Å². The zero-order valence-electron chi connectivity index (χ0n) is 18.7. The monoisotopic (exact) mass is 486 g/mol. The molecule has 0 radical (unpaired) electrons. The predicted molar refractivity (Wildman–Crippen MR) is 126 cm³/mol. The third-order valence-corrected chi connectivity index (χ3v) is 8.22. The maximum atomic E-state index is 13.6. The molecular formula is C23H26N4O4S2. The molecule has 2 N–H and O–H groups in total. The Bertz CT molecular complexity index is 1270. The van der Waals surface area contributed by atoms with Gasteiger partial charge in [0, 0.05) is 29.2 Å². The lowest BCUT2D eigenvalue weighted by Gasteiger charge is -2.33. The molecule has 4 heterocycles. The van der Waals surface area contributed by atoms with Crippen LogP contribution >= 0.6 is 11.3 Å². The third kappa shape index (κ3) is 4.58. The molecule has 4 rings (SSSR count). The number of ether oxygens (including phenoxy) is 1. The Kier molecular flexibility index (Phi) is 6.15. The molecule has 1 saturated heterocycles. The summed E-state index contributed by atoms with van der Waals surface area (Å²) >= 11 is 1.53. The Morgan fingerprint density at radius 1 is 1.27 bits per heavy atom. The standard InChI is InChI=1S/C23H26N4O4S2/c1-15-12-23(2,3)27(13-15)22-20(21(24)28)17(9-10-25-22)33(29,30)19-8-4-7-18(26-19)31-14-16-6-5-11-32-16/h4-11,15H,12-14H2,1-3H3,(H2,24,28). The van der Waals surface area contributed by atoms with Gasteiger partial charge in [-0.25, -0.2) is 18.4 Å². The molecule has 0 aliphatic carbocycles. The van der Waals surface area contributed by atoms with Gasteiger partial charge in [0.25, 0.3) is 5.91 Å². The number of aromatic nitrogens is 2. The van der Waals surface area contributed by atoms with Gasteiger partial charge in [0.05, 0.1) is 4.90 Å². The summed E-state index contributed by atoms with van der Waals surface area (Å²) in [6.07, 6.45) is 2.28. The first-order valence-corrected chi connectivity index (χ1v) is 12.9. The average Bonchev–Trinajstić information content (AvgIpc) is 3.38. The van der Waals surface area contributed by atoms with Crippen LogP contribution in [0.15, 0.2) is 57.9 Å². The average molecular weight is 487 g/mol. The number of primary amides is 1. The molecule has 1 unspecified atom stereocenters. The summed E-state index contributed by atoms with van der Waals surface area (Å²) in [5.74, 6) is -0.0318. The van der Waals surface area contributed by atoms with E-state index in [1.165, 1.54) is 29.7 Å². The lowest BCUT2D eigenvalue weighted by Crippen LogP contribution is -2.40. The normalized spacial score (nSPS) is 17.8. The van der Waals surface area contributed by atoms with E-state index in [1.54, 1.807) is 12.1 Å². The molecule has 33 heavy (non-hydrogen) atoms. The second-order valence-electron chi connectivity index (χ2n) is 8.79. The van der Waals surface area contributed by atoms with Gasteiger partial charge >= 0.3 is 0 Å². The smallest absolute Gasteiger partial charge is 0.253 e. The number of hydrogen-bond acceptors (Lipinski definition) is 8. The number of carbonyl (C=O) groups is 1. The number of sulfone groups is 1. The first-order valence-electron chi connectivity index (χ1n) is 10.5. The van der Waals surface area contributed by atoms with Gasteiger partial charge in [0.2, 0.25) is 15.7 Å². The van der Waals surface area contributed by atoms with Gasteiger partial charge in [-0.05, 0) is 49.8 Å². The van der Waals surface area contributed by atoms with Crippen LogP contribution < -0.4 is 15.4 Å². The highest BCUT2D eigenvalue weighted by Crippen LogP contribution is 2.39. The topological polar surface area (TPSA) is 115 Å². The summed E-state index contributed by atoms with van der Waals surface area (Å²) in [6.45, 7) is 7.12. The van der Waals surface area contributed by atoms with Crippen LogP contribution in [0.25, 0.3) is 0 Å². The first kappa shape index (κ1) is 23.2. The minimum atomic E-state index is -4.17. The van der Waals surface area contributed by atoms with Crippen molar-refractivity contribution in [3.63, 3.8) is 0 Å². The minimum Gasteiger partial charge on any atom is -0.472 e. The van der Waals surface area contributed by atoms with Crippen LogP contribution in [-0.4, -0.2) is 36.4 Å². The maximum absolute atomic E-state index is 13.6. The molecule has 1 aliphatic heterocycles. The molecule has 1 aliphatic rings. The van der Waals surface area contributed by atoms with Gasteiger partial charge in [0.15, 0.2) is 5.03 Å². The zero-order chi connectivity index (χ0) is 23.8. The van der Waals surface area contributed by atoms with Crippen molar-refractivity contribution in [2.75, 3.05) is 11.4 Å². The van der Waals surface area contributed by atoms with Crippen LogP contribution in [0.5, 0.6) is 5.88 Å². The summed E-state index contributed by atoms with van der Waals surface area (Å²) < 4.78 is 32.8. The number of rotatable bonds is 7. The van der Waals surface area contributed by atoms with Crippen molar-refractivity contribution in [1.29, 1.82) is 0 Å². The highest BCUT2D eigenvalue weighted by Gasteiger charge is 2.40. The van der Waals surface area contributed by atoms with E-state index in [2.05, 4.69) is 16.9 Å². The molecule has 0 bridgehead atoms. The Morgan fingerprint density at radius 2 is 2.06 bits per heavy atom. The van der Waals surface area contributed by atoms with Gasteiger partial charge in [-0.2, -0.15) is 0 Å². The zero-order valence-corrected chi connectivity index (χ0v) is 20.3. The fourth-order valence-corrected chi connectivity index (χ4v) is 6.34. The number of anilines is 1. The van der Waals surface area contributed by atoms with Crippen molar-refractivity contribution in [1.82, 2.24) is 9.97 Å². The number of pyridine rings is 2. The Balaban J connectivity index is 1.74. The van der Waals surface area contributed by atoms with E-state index in [9.17, 15) is 13.2 Å². The number of thiophene rings is 1. The van der Waals surface area contributed by atoms with Crippen LogP contribution in [0.3, 0.4) is 0 Å². The Morgan fingerprint density at radius 3 is 2.70 bits per heavy atom. The molecule has 0 saturated carbocycles. The lowest BCUT2D eigenvalue weighted by atomic mass is 9.97. The van der Waals surface area contributed by atoms with E-state index in [-0.39, 0.29) is 39.3 Å². The predicted octanol–water partition coefficient (Wildman–Crippen LogP) is 3.67. The van der Waals surface area contributed by atoms with E-state index in [1.807, 2.05) is 36.3 Å². The van der Waals surface area contributed by atoms with Gasteiger partial charge < -0.3 is 15.4 Å². The summed E-state index contributed by atoms with van der Waals surface area (Å²) in [5.41, 5.74) is 5.28. The van der Waals surface area contributed by atoms with Crippen molar-refractivity contribution in [2.45, 2.75) is 49.3 Å². The van der Waals surface area contributed by atoms with Crippen LogP contribution in [-0.2, 0) is 16.4 Å². The van der Waals surface area contributed by atoms with E-state index in [0.29, 0.717) is 12.5 Å². The van der Waals surface area contributed by atoms with Gasteiger partial charge in [-0.3, -0.25) is 4.79 Å². The summed E-state index contributed by atoms with van der Waals surface area (Å²) in [7, 11) is -4.17. The number of nitrogens with two attached hydrogens (primary N) is 1. The van der Waals surface area contributed by atoms with Gasteiger partial charge in [-0.15, -0.1) is 11.3 Å². The molecule has 0 spiro atoms. The molecule has 1 fully saturated rings. The van der Waals surface area contributed by atoms with E-state index in [4.69, 9.17) is 10.5 Å². The number of amides is 1. The van der Waals surface area contributed by atoms with Gasteiger partial charge in [0.1, 0.15) is 18.0 Å². The molecule has 1 atom stereocenters. The summed E-state index contributed by atoms with van der Waals surface area (Å²) in [6, 6.07) is 9.65. The Labute approximate surface area is 197 Å². The molecule has 8 nitrogen and oxygen atoms in total. The molecule has 174 valence electrons. The van der Waals surface area contributed by atoms with Crippen LogP contribution in [0.1, 0.15) is 42.4 Å². The molecule has 10 heteroatoms. The SMILES string of the molecule is CC1CN(c2nccc(S(=O)(=O)c3cccc(OCc4cccs4)n3)c2C(N)=O)C(C)(C)C1. The molecule has 3 aromatic heterocycles. The molecule has 3 aromatic rings. The number of hydrogen-bond donors (Lipinski definition) is 1.